The second kappa shape index (κ2) is 20.3. The molecule has 0 aromatic heterocycles. The Morgan fingerprint density at radius 2 is 1.55 bits per heavy atom. The zero-order chi connectivity index (χ0) is 29.9. The number of hydrogen-bond donors (Lipinski definition) is 4. The molecule has 0 aromatic rings. The first-order chi connectivity index (χ1) is 19.0. The maximum Gasteiger partial charge on any atom is 0.309 e. The van der Waals surface area contributed by atoms with Crippen molar-refractivity contribution >= 4 is 11.8 Å². The number of carbonyl (C=O) groups excluding carboxylic acids is 2. The summed E-state index contributed by atoms with van der Waals surface area (Å²) in [6.45, 7) is 6.18. The van der Waals surface area contributed by atoms with E-state index in [4.69, 9.17) is 14.2 Å². The molecule has 10 nitrogen and oxygen atoms in total. The fourth-order valence-electron chi connectivity index (χ4n) is 4.57. The summed E-state index contributed by atoms with van der Waals surface area (Å²) < 4.78 is 16.0. The van der Waals surface area contributed by atoms with Crippen molar-refractivity contribution in [1.82, 2.24) is 4.90 Å². The lowest BCUT2D eigenvalue weighted by Crippen LogP contribution is -2.53. The zero-order valence-corrected chi connectivity index (χ0v) is 24.9. The second-order valence-corrected chi connectivity index (χ2v) is 10.9. The first-order valence-electron chi connectivity index (χ1n) is 15.0. The van der Waals surface area contributed by atoms with Crippen molar-refractivity contribution in [2.45, 2.75) is 122 Å². The first-order valence-corrected chi connectivity index (χ1v) is 15.0. The molecule has 0 radical (unpaired) electrons. The van der Waals surface area contributed by atoms with Crippen LogP contribution in [0.4, 0.5) is 0 Å². The predicted octanol–water partition coefficient (Wildman–Crippen LogP) is 2.89. The van der Waals surface area contributed by atoms with Gasteiger partial charge in [-0.1, -0.05) is 51.9 Å². The average Bonchev–Trinajstić information content (AvgIpc) is 3.22. The number of nitrogens with zero attached hydrogens (tertiary/aromatic N) is 1. The molecule has 1 aliphatic rings. The van der Waals surface area contributed by atoms with Crippen LogP contribution in [0.25, 0.3) is 0 Å². The highest BCUT2D eigenvalue weighted by molar-refractivity contribution is 5.83. The summed E-state index contributed by atoms with van der Waals surface area (Å²) in [5, 5.41) is 40.7. The molecule has 0 aliphatic carbocycles. The van der Waals surface area contributed by atoms with Crippen LogP contribution < -0.4 is 0 Å². The third-order valence-corrected chi connectivity index (χ3v) is 6.85. The van der Waals surface area contributed by atoms with Crippen molar-refractivity contribution in [2.75, 3.05) is 39.5 Å². The lowest BCUT2D eigenvalue weighted by molar-refractivity contribution is -0.289. The normalized spacial score (nSPS) is 17.6. The summed E-state index contributed by atoms with van der Waals surface area (Å²) in [4.78, 5) is 24.6. The number of cyclic esters (lactones) is 1. The molecule has 1 rings (SSSR count). The van der Waals surface area contributed by atoms with E-state index in [0.717, 1.165) is 64.2 Å². The van der Waals surface area contributed by atoms with Crippen LogP contribution >= 0.6 is 0 Å². The average molecular weight is 572 g/mol. The van der Waals surface area contributed by atoms with Gasteiger partial charge in [0, 0.05) is 25.9 Å². The van der Waals surface area contributed by atoms with Crippen molar-refractivity contribution in [1.29, 1.82) is 0 Å². The van der Waals surface area contributed by atoms with Crippen molar-refractivity contribution in [3.63, 3.8) is 0 Å². The molecule has 4 N–H and O–H groups in total. The minimum Gasteiger partial charge on any atom is -0.462 e. The molecule has 1 aliphatic heterocycles. The number of hydrogen-bond acceptors (Lipinski definition) is 10. The summed E-state index contributed by atoms with van der Waals surface area (Å²) in [5.74, 6) is 0.391. The first kappa shape index (κ1) is 36.4. The van der Waals surface area contributed by atoms with Crippen LogP contribution in [0.2, 0.25) is 0 Å². The second-order valence-electron chi connectivity index (χ2n) is 10.9. The fraction of sp³-hybridized carbons (Fsp3) is 0.867. The Labute approximate surface area is 240 Å². The van der Waals surface area contributed by atoms with Gasteiger partial charge in [-0.3, -0.25) is 9.69 Å². The highest BCUT2D eigenvalue weighted by Crippen LogP contribution is 2.27. The lowest BCUT2D eigenvalue weighted by atomic mass is 9.97. The van der Waals surface area contributed by atoms with E-state index in [-0.39, 0.29) is 50.0 Å². The van der Waals surface area contributed by atoms with Gasteiger partial charge in [0.05, 0.1) is 19.1 Å². The number of ketones is 1. The van der Waals surface area contributed by atoms with Crippen LogP contribution in [0.1, 0.15) is 104 Å². The highest BCUT2D eigenvalue weighted by atomic mass is 16.6. The van der Waals surface area contributed by atoms with Crippen molar-refractivity contribution < 1.29 is 44.2 Å². The SMILES string of the molecule is CCCCN(CCCC)C(O)(O)COCCOCC(O)(O)C#CCCCCCCC[C@@H]1CC(CC(C)=O)C(=O)O1. The number of aliphatic hydroxyl groups is 4. The molecule has 0 aromatic carbocycles. The zero-order valence-electron chi connectivity index (χ0n) is 24.9. The number of carbonyl (C=O) groups is 2. The molecule has 10 heteroatoms. The topological polar surface area (TPSA) is 146 Å². The van der Waals surface area contributed by atoms with Crippen LogP contribution in [0, 0.1) is 17.8 Å². The van der Waals surface area contributed by atoms with Crippen molar-refractivity contribution in [2.24, 2.45) is 5.92 Å². The van der Waals surface area contributed by atoms with E-state index in [0.29, 0.717) is 25.9 Å². The van der Waals surface area contributed by atoms with Gasteiger partial charge in [-0.25, -0.2) is 0 Å². The fourth-order valence-corrected chi connectivity index (χ4v) is 4.57. The number of ether oxygens (including phenoxy) is 3. The van der Waals surface area contributed by atoms with Gasteiger partial charge in [-0.2, -0.15) is 0 Å². The van der Waals surface area contributed by atoms with Crippen LogP contribution in [-0.4, -0.2) is 94.4 Å². The van der Waals surface area contributed by atoms with Gasteiger partial charge in [-0.15, -0.1) is 0 Å². The third kappa shape index (κ3) is 16.6. The third-order valence-electron chi connectivity index (χ3n) is 6.85. The molecule has 1 fully saturated rings. The number of Topliss-reactive ketones (excluding diaryl/α,β-unsaturated/α-hetero) is 1. The molecule has 1 unspecified atom stereocenters. The number of unbranched alkanes of at least 4 members (excludes halogenated alkanes) is 7. The maximum absolute atomic E-state index is 11.8. The number of esters is 1. The van der Waals surface area contributed by atoms with Gasteiger partial charge >= 0.3 is 5.97 Å². The summed E-state index contributed by atoms with van der Waals surface area (Å²) >= 11 is 0. The molecule has 0 spiro atoms. The van der Waals surface area contributed by atoms with Crippen molar-refractivity contribution in [3.8, 4) is 11.8 Å². The highest BCUT2D eigenvalue weighted by Gasteiger charge is 2.34. The summed E-state index contributed by atoms with van der Waals surface area (Å²) in [6.07, 6.45) is 10.6. The standard InChI is InChI=1S/C30H53NO9/c1-4-6-17-31(18-7-5-2)30(36,37)24-39-20-19-38-23-29(34,35)16-14-12-10-8-9-11-13-15-27-22-26(21-25(3)32)28(33)40-27/h26-27,34-37H,4-13,15,17-24H2,1-3H3/t26?,27-/m1/s1. The van der Waals surface area contributed by atoms with Crippen LogP contribution in [0.3, 0.4) is 0 Å². The van der Waals surface area contributed by atoms with Crippen molar-refractivity contribution in [3.05, 3.63) is 0 Å². The maximum atomic E-state index is 11.8. The Morgan fingerprint density at radius 3 is 2.17 bits per heavy atom. The van der Waals surface area contributed by atoms with Gasteiger partial charge in [0.2, 0.25) is 5.91 Å². The van der Waals surface area contributed by atoms with E-state index < -0.39 is 18.3 Å². The Morgan fingerprint density at radius 1 is 0.950 bits per heavy atom. The molecular formula is C30H53NO9. The molecular weight excluding hydrogens is 518 g/mol. The van der Waals surface area contributed by atoms with Gasteiger partial charge < -0.3 is 39.4 Å². The molecule has 0 saturated carbocycles. The summed E-state index contributed by atoms with van der Waals surface area (Å²) in [5.41, 5.74) is 0. The quantitative estimate of drug-likeness (QED) is 0.0625. The Kier molecular flexibility index (Phi) is 18.5. The Bertz CT molecular complexity index is 767. The van der Waals surface area contributed by atoms with E-state index >= 15 is 0 Å². The van der Waals surface area contributed by atoms with E-state index in [1.54, 1.807) is 4.90 Å². The molecule has 1 heterocycles. The van der Waals surface area contributed by atoms with Crippen LogP contribution in [0.15, 0.2) is 0 Å². The monoisotopic (exact) mass is 571 g/mol. The molecule has 1 saturated heterocycles. The Balaban J connectivity index is 2.11. The minimum absolute atomic E-state index is 0.0171. The molecule has 2 atom stereocenters. The predicted molar refractivity (Wildman–Crippen MR) is 151 cm³/mol. The van der Waals surface area contributed by atoms with E-state index in [1.165, 1.54) is 6.92 Å². The smallest absolute Gasteiger partial charge is 0.309 e. The van der Waals surface area contributed by atoms with Gasteiger partial charge in [0.1, 0.15) is 25.1 Å². The van der Waals surface area contributed by atoms with Gasteiger partial charge in [0.25, 0.3) is 5.79 Å². The minimum atomic E-state index is -2.26. The van der Waals surface area contributed by atoms with E-state index in [1.807, 2.05) is 13.8 Å². The summed E-state index contributed by atoms with van der Waals surface area (Å²) in [7, 11) is 0. The Hall–Kier alpha value is -1.58. The van der Waals surface area contributed by atoms with Crippen LogP contribution in [-0.2, 0) is 23.8 Å². The van der Waals surface area contributed by atoms with E-state index in [9.17, 15) is 30.0 Å². The van der Waals surface area contributed by atoms with Gasteiger partial charge in [-0.05, 0) is 51.4 Å². The van der Waals surface area contributed by atoms with E-state index in [2.05, 4.69) is 11.8 Å². The van der Waals surface area contributed by atoms with Crippen LogP contribution in [0.5, 0.6) is 0 Å². The molecule has 0 amide bonds. The molecule has 232 valence electrons. The van der Waals surface area contributed by atoms with Gasteiger partial charge in [0.15, 0.2) is 0 Å². The summed E-state index contributed by atoms with van der Waals surface area (Å²) in [6, 6.07) is 0. The molecule has 0 bridgehead atoms. The molecule has 40 heavy (non-hydrogen) atoms. The lowest BCUT2D eigenvalue weighted by Gasteiger charge is -2.35. The number of rotatable bonds is 23. The largest absolute Gasteiger partial charge is 0.462 e.